The van der Waals surface area contributed by atoms with Crippen LogP contribution in [-0.4, -0.2) is 31.7 Å². The Hall–Kier alpha value is -1.01. The van der Waals surface area contributed by atoms with E-state index in [9.17, 15) is 9.59 Å². The minimum Gasteiger partial charge on any atom is -0.448 e. The maximum Gasteiger partial charge on any atom is 0.404 e. The quantitative estimate of drug-likeness (QED) is 0.481. The Kier molecular flexibility index (Phi) is 9.15. The second-order valence-electron chi connectivity index (χ2n) is 1.72. The van der Waals surface area contributed by atoms with E-state index in [1.165, 1.54) is 0 Å². The van der Waals surface area contributed by atoms with Crippen LogP contribution in [0.1, 0.15) is 0 Å². The first-order valence-electron chi connectivity index (χ1n) is 3.06. The van der Waals surface area contributed by atoms with Crippen LogP contribution in [0, 0.1) is 0 Å². The van der Waals surface area contributed by atoms with Gasteiger partial charge in [0.2, 0.25) is 5.91 Å². The van der Waals surface area contributed by atoms with Crippen molar-refractivity contribution >= 4 is 24.4 Å². The van der Waals surface area contributed by atoms with Gasteiger partial charge in [-0.15, -0.1) is 12.4 Å². The molecule has 0 fully saturated rings. The van der Waals surface area contributed by atoms with Crippen molar-refractivity contribution in [3.8, 4) is 0 Å². The summed E-state index contributed by atoms with van der Waals surface area (Å²) < 4.78 is 4.32. The molecule has 12 heavy (non-hydrogen) atoms. The molecule has 2 amide bonds. The number of hydrogen-bond donors (Lipinski definition) is 3. The normalized spacial score (nSPS) is 8.08. The summed E-state index contributed by atoms with van der Waals surface area (Å²) in [6.45, 7) is 0.233. The van der Waals surface area contributed by atoms with E-state index in [1.807, 2.05) is 0 Å². The summed E-state index contributed by atoms with van der Waals surface area (Å²) in [4.78, 5) is 20.4. The lowest BCUT2D eigenvalue weighted by molar-refractivity contribution is -0.119. The first kappa shape index (κ1) is 13.6. The number of carbonyl (C=O) groups excluding carboxylic acids is 2. The highest BCUT2D eigenvalue weighted by molar-refractivity contribution is 5.85. The third-order valence-corrected chi connectivity index (χ3v) is 0.854. The number of rotatable bonds is 4. The maximum absolute atomic E-state index is 10.4. The SMILES string of the molecule is Cl.NCC(=O)NCCOC(N)=O. The predicted octanol–water partition coefficient (Wildman–Crippen LogP) is -1.42. The van der Waals surface area contributed by atoms with Crippen molar-refractivity contribution in [1.29, 1.82) is 0 Å². The number of carbonyl (C=O) groups is 2. The molecule has 0 spiro atoms. The average molecular weight is 198 g/mol. The van der Waals surface area contributed by atoms with Crippen LogP contribution < -0.4 is 16.8 Å². The standard InChI is InChI=1S/C5H11N3O3.ClH/c6-3-4(9)8-1-2-11-5(7)10;/h1-3,6H2,(H2,7,10)(H,8,9);1H. The van der Waals surface area contributed by atoms with E-state index in [4.69, 9.17) is 5.73 Å². The molecule has 0 aliphatic heterocycles. The number of primary amides is 1. The Morgan fingerprint density at radius 3 is 2.42 bits per heavy atom. The van der Waals surface area contributed by atoms with Crippen molar-refractivity contribution in [2.24, 2.45) is 11.5 Å². The van der Waals surface area contributed by atoms with Gasteiger partial charge in [-0.3, -0.25) is 4.79 Å². The van der Waals surface area contributed by atoms with Gasteiger partial charge in [-0.25, -0.2) is 4.79 Å². The molecular weight excluding hydrogens is 186 g/mol. The maximum atomic E-state index is 10.4. The summed E-state index contributed by atoms with van der Waals surface area (Å²) in [5.74, 6) is -0.293. The van der Waals surface area contributed by atoms with Gasteiger partial charge in [-0.2, -0.15) is 0 Å². The zero-order chi connectivity index (χ0) is 8.69. The second kappa shape index (κ2) is 8.09. The van der Waals surface area contributed by atoms with Crippen LogP contribution in [0.4, 0.5) is 4.79 Å². The average Bonchev–Trinajstić information content (AvgIpc) is 1.97. The summed E-state index contributed by atoms with van der Waals surface area (Å²) in [6.07, 6.45) is -0.855. The third kappa shape index (κ3) is 8.99. The Morgan fingerprint density at radius 1 is 1.42 bits per heavy atom. The minimum absolute atomic E-state index is 0. The summed E-state index contributed by atoms with van der Waals surface area (Å²) in [5, 5.41) is 2.39. The van der Waals surface area contributed by atoms with Crippen LogP contribution in [0.25, 0.3) is 0 Å². The molecule has 0 aliphatic rings. The van der Waals surface area contributed by atoms with Gasteiger partial charge >= 0.3 is 6.09 Å². The Balaban J connectivity index is 0. The van der Waals surface area contributed by atoms with Crippen molar-refractivity contribution < 1.29 is 14.3 Å². The van der Waals surface area contributed by atoms with Gasteiger partial charge in [0.25, 0.3) is 0 Å². The molecule has 6 nitrogen and oxygen atoms in total. The molecule has 0 atom stereocenters. The Bertz CT molecular complexity index is 153. The van der Waals surface area contributed by atoms with Crippen LogP contribution in [0.3, 0.4) is 0 Å². The smallest absolute Gasteiger partial charge is 0.404 e. The van der Waals surface area contributed by atoms with Crippen molar-refractivity contribution in [2.75, 3.05) is 19.7 Å². The van der Waals surface area contributed by atoms with Gasteiger partial charge in [0.05, 0.1) is 13.1 Å². The highest BCUT2D eigenvalue weighted by Crippen LogP contribution is 1.70. The molecule has 0 saturated heterocycles. The topological polar surface area (TPSA) is 107 Å². The van der Waals surface area contributed by atoms with E-state index < -0.39 is 6.09 Å². The Labute approximate surface area is 76.0 Å². The molecule has 72 valence electrons. The van der Waals surface area contributed by atoms with E-state index >= 15 is 0 Å². The van der Waals surface area contributed by atoms with E-state index in [2.05, 4.69) is 15.8 Å². The number of hydrogen-bond acceptors (Lipinski definition) is 4. The van der Waals surface area contributed by atoms with Crippen LogP contribution in [0.5, 0.6) is 0 Å². The molecule has 5 N–H and O–H groups in total. The number of ether oxygens (including phenoxy) is 1. The first-order valence-corrected chi connectivity index (χ1v) is 3.06. The molecule has 0 aliphatic carbocycles. The summed E-state index contributed by atoms with van der Waals surface area (Å²) in [5.41, 5.74) is 9.61. The van der Waals surface area contributed by atoms with E-state index in [0.29, 0.717) is 0 Å². The predicted molar refractivity (Wildman–Crippen MR) is 44.8 cm³/mol. The highest BCUT2D eigenvalue weighted by atomic mass is 35.5. The molecule has 0 aromatic rings. The van der Waals surface area contributed by atoms with Crippen LogP contribution in [-0.2, 0) is 9.53 Å². The third-order valence-electron chi connectivity index (χ3n) is 0.854. The van der Waals surface area contributed by atoms with Crippen molar-refractivity contribution in [1.82, 2.24) is 5.32 Å². The molecule has 0 unspecified atom stereocenters. The van der Waals surface area contributed by atoms with Crippen LogP contribution in [0.15, 0.2) is 0 Å². The lowest BCUT2D eigenvalue weighted by atomic mass is 10.5. The van der Waals surface area contributed by atoms with Gasteiger partial charge in [-0.05, 0) is 0 Å². The molecule has 0 radical (unpaired) electrons. The number of halogens is 1. The Morgan fingerprint density at radius 2 is 2.00 bits per heavy atom. The van der Waals surface area contributed by atoms with E-state index in [1.54, 1.807) is 0 Å². The molecule has 7 heteroatoms. The van der Waals surface area contributed by atoms with E-state index in [0.717, 1.165) is 0 Å². The fourth-order valence-electron chi connectivity index (χ4n) is 0.414. The van der Waals surface area contributed by atoms with Gasteiger partial charge in [0.15, 0.2) is 0 Å². The van der Waals surface area contributed by atoms with Crippen LogP contribution in [0.2, 0.25) is 0 Å². The molecule has 0 aromatic heterocycles. The van der Waals surface area contributed by atoms with Crippen molar-refractivity contribution in [3.63, 3.8) is 0 Å². The van der Waals surface area contributed by atoms with Gasteiger partial charge in [0, 0.05) is 0 Å². The van der Waals surface area contributed by atoms with E-state index in [-0.39, 0.29) is 38.0 Å². The summed E-state index contributed by atoms with van der Waals surface area (Å²) in [6, 6.07) is 0. The zero-order valence-electron chi connectivity index (χ0n) is 6.41. The summed E-state index contributed by atoms with van der Waals surface area (Å²) >= 11 is 0. The zero-order valence-corrected chi connectivity index (χ0v) is 7.23. The number of nitrogens with one attached hydrogen (secondary N) is 1. The second-order valence-corrected chi connectivity index (χ2v) is 1.72. The van der Waals surface area contributed by atoms with Gasteiger partial charge in [-0.1, -0.05) is 0 Å². The fourth-order valence-corrected chi connectivity index (χ4v) is 0.414. The lowest BCUT2D eigenvalue weighted by Crippen LogP contribution is -2.33. The number of amides is 2. The van der Waals surface area contributed by atoms with Gasteiger partial charge in [0.1, 0.15) is 6.61 Å². The molecule has 0 saturated carbocycles. The first-order chi connectivity index (χ1) is 5.16. The lowest BCUT2D eigenvalue weighted by Gasteiger charge is -2.02. The molecule has 0 rings (SSSR count). The minimum atomic E-state index is -0.855. The monoisotopic (exact) mass is 197 g/mol. The van der Waals surface area contributed by atoms with Crippen molar-refractivity contribution in [3.05, 3.63) is 0 Å². The number of nitrogens with two attached hydrogens (primary N) is 2. The summed E-state index contributed by atoms with van der Waals surface area (Å²) in [7, 11) is 0. The molecular formula is C5H12ClN3O3. The van der Waals surface area contributed by atoms with Crippen LogP contribution >= 0.6 is 12.4 Å². The largest absolute Gasteiger partial charge is 0.448 e. The fraction of sp³-hybridized carbons (Fsp3) is 0.600. The van der Waals surface area contributed by atoms with Gasteiger partial charge < -0.3 is 21.5 Å². The molecule has 0 aromatic carbocycles. The molecule has 0 bridgehead atoms. The van der Waals surface area contributed by atoms with Crippen molar-refractivity contribution in [2.45, 2.75) is 0 Å². The highest BCUT2D eigenvalue weighted by Gasteiger charge is 1.96. The molecule has 0 heterocycles.